The smallest absolute Gasteiger partial charge is 0.256 e. The SMILES string of the molecule is Cc1[nH]c(/C=C2\C(=O)Nc3ccc(S(=O)(=O)Cc4c(Cl)cccc4Cl)cc32)c(C)c1C(=O)N1CCCC1CN1CCC[C@H](F)C1. The Bertz CT molecular complexity index is 1800. The highest BCUT2D eigenvalue weighted by molar-refractivity contribution is 7.90. The van der Waals surface area contributed by atoms with Gasteiger partial charge >= 0.3 is 0 Å². The number of carbonyl (C=O) groups is 2. The summed E-state index contributed by atoms with van der Waals surface area (Å²) in [5.41, 5.74) is 4.07. The van der Waals surface area contributed by atoms with E-state index >= 15 is 0 Å². The van der Waals surface area contributed by atoms with Crippen LogP contribution in [0.3, 0.4) is 0 Å². The summed E-state index contributed by atoms with van der Waals surface area (Å²) in [6.45, 7) is 6.24. The normalized spacial score (nSPS) is 21.4. The Morgan fingerprint density at radius 3 is 2.56 bits per heavy atom. The fourth-order valence-corrected chi connectivity index (χ4v) is 8.85. The molecule has 6 rings (SSSR count). The van der Waals surface area contributed by atoms with E-state index in [1.165, 1.54) is 12.1 Å². The van der Waals surface area contributed by atoms with Crippen LogP contribution in [0.5, 0.6) is 0 Å². The number of fused-ring (bicyclic) bond motifs is 1. The van der Waals surface area contributed by atoms with Gasteiger partial charge in [0, 0.05) is 63.9 Å². The monoisotopic (exact) mass is 672 g/mol. The van der Waals surface area contributed by atoms with Crippen molar-refractivity contribution in [2.75, 3.05) is 31.5 Å². The number of aryl methyl sites for hydroxylation is 1. The van der Waals surface area contributed by atoms with Gasteiger partial charge in [0.1, 0.15) is 6.17 Å². The third-order valence-corrected chi connectivity index (χ3v) is 11.4. The van der Waals surface area contributed by atoms with Crippen molar-refractivity contribution in [3.8, 4) is 0 Å². The molecule has 3 aliphatic rings. The van der Waals surface area contributed by atoms with Gasteiger partial charge in [0.25, 0.3) is 11.8 Å². The zero-order chi connectivity index (χ0) is 32.0. The van der Waals surface area contributed by atoms with E-state index in [4.69, 9.17) is 23.2 Å². The number of hydrogen-bond donors (Lipinski definition) is 2. The summed E-state index contributed by atoms with van der Waals surface area (Å²) in [5, 5.41) is 3.32. The van der Waals surface area contributed by atoms with E-state index in [0.717, 1.165) is 25.8 Å². The summed E-state index contributed by atoms with van der Waals surface area (Å²) in [5.74, 6) is -0.847. The molecule has 1 unspecified atom stereocenters. The maximum Gasteiger partial charge on any atom is 0.256 e. The number of nitrogens with one attached hydrogen (secondary N) is 2. The predicted octanol–water partition coefficient (Wildman–Crippen LogP) is 6.44. The number of rotatable bonds is 7. The number of amides is 2. The lowest BCUT2D eigenvalue weighted by atomic mass is 10.0. The van der Waals surface area contributed by atoms with Crippen molar-refractivity contribution in [1.29, 1.82) is 0 Å². The molecule has 3 aromatic rings. The van der Waals surface area contributed by atoms with E-state index in [0.29, 0.717) is 65.4 Å². The second-order valence-electron chi connectivity index (χ2n) is 12.1. The number of anilines is 1. The molecule has 45 heavy (non-hydrogen) atoms. The molecule has 0 radical (unpaired) electrons. The van der Waals surface area contributed by atoms with E-state index < -0.39 is 21.8 Å². The largest absolute Gasteiger partial charge is 0.358 e. The number of sulfone groups is 1. The molecule has 4 heterocycles. The van der Waals surface area contributed by atoms with Crippen LogP contribution in [0.15, 0.2) is 41.3 Å². The molecule has 12 heteroatoms. The van der Waals surface area contributed by atoms with Crippen molar-refractivity contribution in [3.05, 3.63) is 80.1 Å². The van der Waals surface area contributed by atoms with Crippen molar-refractivity contribution in [2.24, 2.45) is 0 Å². The van der Waals surface area contributed by atoms with Gasteiger partial charge in [0.15, 0.2) is 9.84 Å². The van der Waals surface area contributed by atoms with Gasteiger partial charge in [-0.05, 0) is 88.0 Å². The minimum Gasteiger partial charge on any atom is -0.358 e. The fourth-order valence-electron chi connectivity index (χ4n) is 6.73. The average Bonchev–Trinajstić information content (AvgIpc) is 3.65. The highest BCUT2D eigenvalue weighted by Gasteiger charge is 2.35. The molecule has 8 nitrogen and oxygen atoms in total. The summed E-state index contributed by atoms with van der Waals surface area (Å²) < 4.78 is 40.8. The van der Waals surface area contributed by atoms with Crippen LogP contribution >= 0.6 is 23.2 Å². The first-order valence-electron chi connectivity index (χ1n) is 15.1. The zero-order valence-electron chi connectivity index (χ0n) is 25.1. The summed E-state index contributed by atoms with van der Waals surface area (Å²) in [4.78, 5) is 34.3. The number of halogens is 3. The third kappa shape index (κ3) is 6.30. The van der Waals surface area contributed by atoms with E-state index in [-0.39, 0.29) is 38.4 Å². The molecule has 0 aliphatic carbocycles. The van der Waals surface area contributed by atoms with Crippen LogP contribution in [0.4, 0.5) is 10.1 Å². The first-order chi connectivity index (χ1) is 21.4. The quantitative estimate of drug-likeness (QED) is 0.281. The second-order valence-corrected chi connectivity index (χ2v) is 14.9. The van der Waals surface area contributed by atoms with Gasteiger partial charge in [-0.3, -0.25) is 14.5 Å². The molecular weight excluding hydrogens is 638 g/mol. The molecule has 2 N–H and O–H groups in total. The second kappa shape index (κ2) is 12.5. The van der Waals surface area contributed by atoms with Crippen LogP contribution in [0, 0.1) is 13.8 Å². The molecule has 0 spiro atoms. The predicted molar refractivity (Wildman–Crippen MR) is 175 cm³/mol. The fraction of sp³-hybridized carbons (Fsp3) is 0.394. The maximum absolute atomic E-state index is 14.0. The minimum absolute atomic E-state index is 0.0202. The van der Waals surface area contributed by atoms with Gasteiger partial charge in [0.05, 0.1) is 21.8 Å². The molecule has 0 bridgehead atoms. The van der Waals surface area contributed by atoms with Crippen molar-refractivity contribution >= 4 is 62.2 Å². The molecule has 2 amide bonds. The number of carbonyl (C=O) groups excluding carboxylic acids is 2. The number of hydrogen-bond acceptors (Lipinski definition) is 5. The number of aromatic nitrogens is 1. The number of aromatic amines is 1. The topological polar surface area (TPSA) is 103 Å². The van der Waals surface area contributed by atoms with Gasteiger partial charge < -0.3 is 15.2 Å². The van der Waals surface area contributed by atoms with Crippen molar-refractivity contribution in [3.63, 3.8) is 0 Å². The Labute approximate surface area is 272 Å². The molecule has 3 aliphatic heterocycles. The van der Waals surface area contributed by atoms with Gasteiger partial charge in [-0.2, -0.15) is 0 Å². The van der Waals surface area contributed by atoms with E-state index in [9.17, 15) is 22.4 Å². The average molecular weight is 674 g/mol. The lowest BCUT2D eigenvalue weighted by Gasteiger charge is -2.34. The van der Waals surface area contributed by atoms with Crippen molar-refractivity contribution in [1.82, 2.24) is 14.8 Å². The first kappa shape index (κ1) is 31.8. The van der Waals surface area contributed by atoms with E-state index in [1.807, 2.05) is 18.7 Å². The standard InChI is InChI=1S/C33H35Cl2FN4O4S/c1-19-30(37-20(2)31(19)33(42)40-13-5-7-22(40)17-39-12-4-6-21(36)16-39)15-25-24-14-23(10-11-29(24)38-32(25)41)45(43,44)18-26-27(34)8-3-9-28(26)35/h3,8-11,14-15,21-22,37H,4-7,12-13,16-18H2,1-2H3,(H,38,41)/b25-15-/t21-,22?/m0/s1. The van der Waals surface area contributed by atoms with Gasteiger partial charge in [-0.15, -0.1) is 0 Å². The van der Waals surface area contributed by atoms with E-state index in [2.05, 4.69) is 15.2 Å². The Kier molecular flexibility index (Phi) is 8.86. The number of piperidine rings is 1. The molecule has 2 aromatic carbocycles. The van der Waals surface area contributed by atoms with Crippen molar-refractivity contribution in [2.45, 2.75) is 62.4 Å². The highest BCUT2D eigenvalue weighted by atomic mass is 35.5. The summed E-state index contributed by atoms with van der Waals surface area (Å²) >= 11 is 12.5. The summed E-state index contributed by atoms with van der Waals surface area (Å²) in [7, 11) is -3.86. The Morgan fingerprint density at radius 1 is 1.09 bits per heavy atom. The Hall–Kier alpha value is -3.18. The minimum atomic E-state index is -3.86. The van der Waals surface area contributed by atoms with Crippen LogP contribution in [0.2, 0.25) is 10.0 Å². The van der Waals surface area contributed by atoms with Gasteiger partial charge in [-0.1, -0.05) is 29.3 Å². The summed E-state index contributed by atoms with van der Waals surface area (Å²) in [6, 6.07) is 9.34. The van der Waals surface area contributed by atoms with Crippen LogP contribution in [0.1, 0.15) is 64.1 Å². The first-order valence-corrected chi connectivity index (χ1v) is 17.5. The van der Waals surface area contributed by atoms with E-state index in [1.54, 1.807) is 30.3 Å². The van der Waals surface area contributed by atoms with Gasteiger partial charge in [-0.25, -0.2) is 12.8 Å². The molecule has 2 atom stereocenters. The van der Waals surface area contributed by atoms with Crippen LogP contribution < -0.4 is 5.32 Å². The molecule has 2 saturated heterocycles. The summed E-state index contributed by atoms with van der Waals surface area (Å²) in [6.07, 6.45) is 4.05. The lowest BCUT2D eigenvalue weighted by Crippen LogP contribution is -2.46. The molecule has 1 aromatic heterocycles. The molecule has 0 saturated carbocycles. The number of H-pyrrole nitrogens is 1. The Morgan fingerprint density at radius 2 is 1.82 bits per heavy atom. The number of alkyl halides is 1. The zero-order valence-corrected chi connectivity index (χ0v) is 27.5. The van der Waals surface area contributed by atoms with Gasteiger partial charge in [0.2, 0.25) is 0 Å². The van der Waals surface area contributed by atoms with Crippen LogP contribution in [-0.2, 0) is 20.4 Å². The molecule has 2 fully saturated rings. The maximum atomic E-state index is 14.0. The number of likely N-dealkylation sites (tertiary alicyclic amines) is 2. The lowest BCUT2D eigenvalue weighted by molar-refractivity contribution is -0.110. The number of benzene rings is 2. The molecular formula is C33H35Cl2FN4O4S. The number of nitrogens with zero attached hydrogens (tertiary/aromatic N) is 2. The Balaban J connectivity index is 1.27. The van der Waals surface area contributed by atoms with Crippen molar-refractivity contribution < 1.29 is 22.4 Å². The molecule has 238 valence electrons. The highest BCUT2D eigenvalue weighted by Crippen LogP contribution is 2.37. The van der Waals surface area contributed by atoms with Crippen LogP contribution in [0.25, 0.3) is 11.6 Å². The van der Waals surface area contributed by atoms with Crippen LogP contribution in [-0.4, -0.2) is 73.4 Å². The third-order valence-electron chi connectivity index (χ3n) is 9.06.